The van der Waals surface area contributed by atoms with E-state index in [0.717, 1.165) is 57.2 Å². The van der Waals surface area contributed by atoms with Crippen LogP contribution in [0.25, 0.3) is 21.8 Å². The number of benzene rings is 6. The molecule has 0 radical (unpaired) electrons. The predicted molar refractivity (Wildman–Crippen MR) is 311 cm³/mol. The highest BCUT2D eigenvalue weighted by Gasteiger charge is 2.29. The fourth-order valence-electron chi connectivity index (χ4n) is 7.98. The number of fused-ring (bicyclic) bond motifs is 2. The molecule has 75 heavy (non-hydrogen) atoms. The Labute approximate surface area is 450 Å². The predicted octanol–water partition coefficient (Wildman–Crippen LogP) is 16.1. The van der Waals surface area contributed by atoms with Crippen molar-refractivity contribution in [1.82, 2.24) is 24.4 Å². The van der Waals surface area contributed by atoms with Gasteiger partial charge in [0, 0.05) is 42.7 Å². The summed E-state index contributed by atoms with van der Waals surface area (Å²) in [6, 6.07) is 52.1. The summed E-state index contributed by atoms with van der Waals surface area (Å²) in [6.07, 6.45) is 5.43. The first-order valence-electron chi connectivity index (χ1n) is 26.3. The van der Waals surface area contributed by atoms with Gasteiger partial charge in [-0.25, -0.2) is 23.0 Å². The Morgan fingerprint density at radius 2 is 1.23 bits per heavy atom. The largest absolute Gasteiger partial charge is 0.339 e. The summed E-state index contributed by atoms with van der Waals surface area (Å²) in [7, 11) is -3.43. The summed E-state index contributed by atoms with van der Waals surface area (Å²) >= 11 is 0. The first kappa shape index (κ1) is 62.8. The van der Waals surface area contributed by atoms with Gasteiger partial charge in [-0.1, -0.05) is 221 Å². The summed E-state index contributed by atoms with van der Waals surface area (Å²) in [5.74, 6) is 4.28. The second kappa shape index (κ2) is 32.7. The first-order valence-corrected chi connectivity index (χ1v) is 27.8. The molecule has 0 saturated carbocycles. The number of sulfonamides is 1. The van der Waals surface area contributed by atoms with Crippen molar-refractivity contribution >= 4 is 31.8 Å². The van der Waals surface area contributed by atoms with Crippen molar-refractivity contribution in [3.05, 3.63) is 197 Å². The number of aryl methyl sites for hydroxylation is 2. The lowest BCUT2D eigenvalue weighted by Crippen LogP contribution is -2.28. The standard InChI is InChI=1S/C14H17NO2S.C13H20NO2.C12H14N2O.C12H18.C11H14N2.CH4/c1-11(2)10-15-18(16,17)14-9-5-7-12-6-3-4-8-13(12)14;1-4-13(11(2)3)14(15)16-10-12-8-6-5-7-9-12;1-9(2)12-13-11(14-15-12)8-10-6-4-3-5-7-10;1-11(2)7-6-10-12-8-4-3-5-9-12;1-8(2)13-9(3)12-10-6-4-5-7-11(10)13;/h3-9,11,15H,10H2,1-2H3;5-9,11,13H,4,10H2,1-3H3;3-7,9H,8H2,1-2H3;3-5,8-9,11H,6-7,10H2,1-2H3;4-8H,1-3H3;1H4/q;+1;;;;. The molecule has 0 amide bonds. The summed E-state index contributed by atoms with van der Waals surface area (Å²) in [4.78, 5) is 26.8. The molecule has 0 spiro atoms. The molecular formula is C63H87N6O5S+. The lowest BCUT2D eigenvalue weighted by atomic mass is 10.0. The summed E-state index contributed by atoms with van der Waals surface area (Å²) in [6.45, 7) is 25.9. The van der Waals surface area contributed by atoms with E-state index in [9.17, 15) is 13.3 Å². The first-order chi connectivity index (χ1) is 35.4. The molecule has 2 aromatic heterocycles. The van der Waals surface area contributed by atoms with Gasteiger partial charge in [-0.3, -0.25) is 0 Å². The van der Waals surface area contributed by atoms with Gasteiger partial charge in [0.1, 0.15) is 5.82 Å². The normalized spacial score (nSPS) is 11.4. The molecule has 0 aliphatic carbocycles. The van der Waals surface area contributed by atoms with Crippen molar-refractivity contribution < 1.29 is 22.7 Å². The highest BCUT2D eigenvalue weighted by Crippen LogP contribution is 2.23. The summed E-state index contributed by atoms with van der Waals surface area (Å²) in [5.41, 5.74) is 6.01. The van der Waals surface area contributed by atoms with Gasteiger partial charge < -0.3 is 9.09 Å². The fourth-order valence-corrected chi connectivity index (χ4v) is 9.43. The minimum atomic E-state index is -3.43. The second-order valence-electron chi connectivity index (χ2n) is 20.2. The van der Waals surface area contributed by atoms with E-state index in [1.54, 1.807) is 12.1 Å². The van der Waals surface area contributed by atoms with E-state index in [-0.39, 0.29) is 19.4 Å². The average molecular weight is 1040 g/mol. The van der Waals surface area contributed by atoms with Crippen LogP contribution in [-0.4, -0.2) is 45.6 Å². The second-order valence-corrected chi connectivity index (χ2v) is 22.0. The van der Waals surface area contributed by atoms with Gasteiger partial charge >= 0.3 is 0 Å². The number of aromatic nitrogens is 4. The van der Waals surface area contributed by atoms with Crippen molar-refractivity contribution in [2.24, 2.45) is 17.8 Å². The minimum absolute atomic E-state index is 0. The molecule has 0 bridgehead atoms. The minimum Gasteiger partial charge on any atom is -0.339 e. The van der Waals surface area contributed by atoms with Crippen molar-refractivity contribution in [3.63, 3.8) is 0 Å². The topological polar surface area (TPSA) is 132 Å². The molecule has 6 aromatic carbocycles. The van der Waals surface area contributed by atoms with E-state index >= 15 is 0 Å². The number of rotatable bonds is 18. The highest BCUT2D eigenvalue weighted by atomic mass is 32.2. The monoisotopic (exact) mass is 1040 g/mol. The van der Waals surface area contributed by atoms with Crippen molar-refractivity contribution in [1.29, 1.82) is 0 Å². The van der Waals surface area contributed by atoms with Crippen molar-refractivity contribution in [3.8, 4) is 0 Å². The lowest BCUT2D eigenvalue weighted by Gasteiger charge is -2.10. The van der Waals surface area contributed by atoms with Crippen LogP contribution in [0.1, 0.15) is 149 Å². The van der Waals surface area contributed by atoms with Gasteiger partial charge in [-0.15, -0.1) is 0 Å². The molecule has 11 nitrogen and oxygen atoms in total. The van der Waals surface area contributed by atoms with Crippen LogP contribution in [0.4, 0.5) is 0 Å². The Morgan fingerprint density at radius 1 is 0.667 bits per heavy atom. The highest BCUT2D eigenvalue weighted by molar-refractivity contribution is 7.89. The fraction of sp³-hybridized carbons (Fsp3) is 0.413. The molecule has 12 heteroatoms. The molecular weight excluding hydrogens is 953 g/mol. The SMILES string of the molecule is C.CC(C)CCCc1ccccc1.CC(C)CNS(=O)(=O)c1cccc2ccccc12.CC(C)c1nc(Cc2ccccc2)no1.CCC(C(C)C)[N+](=O)OCc1ccccc1.Cc1nc2ccccc2n1C(C)C. The summed E-state index contributed by atoms with van der Waals surface area (Å²) in [5, 5.41) is 5.64. The van der Waals surface area contributed by atoms with Crippen LogP contribution in [-0.2, 0) is 34.3 Å². The van der Waals surface area contributed by atoms with Crippen LogP contribution in [0.5, 0.6) is 0 Å². The van der Waals surface area contributed by atoms with Crippen LogP contribution in [0.2, 0.25) is 0 Å². The number of hydrogen-bond acceptors (Lipinski definition) is 8. The van der Waals surface area contributed by atoms with Gasteiger partial charge in [0.05, 0.1) is 20.8 Å². The van der Waals surface area contributed by atoms with E-state index < -0.39 is 10.0 Å². The van der Waals surface area contributed by atoms with Gasteiger partial charge in [0.25, 0.3) is 6.04 Å². The molecule has 1 atom stereocenters. The molecule has 1 N–H and O–H groups in total. The van der Waals surface area contributed by atoms with Crippen LogP contribution < -0.4 is 4.72 Å². The molecule has 8 rings (SSSR count). The van der Waals surface area contributed by atoms with Gasteiger partial charge in [0.15, 0.2) is 12.4 Å². The Hall–Kier alpha value is -6.50. The zero-order valence-electron chi connectivity index (χ0n) is 46.1. The average Bonchev–Trinajstić information content (AvgIpc) is 4.00. The van der Waals surface area contributed by atoms with Gasteiger partial charge in [-0.2, -0.15) is 4.98 Å². The smallest absolute Gasteiger partial charge is 0.259 e. The maximum Gasteiger partial charge on any atom is 0.259 e. The Bertz CT molecular complexity index is 2930. The van der Waals surface area contributed by atoms with E-state index in [2.05, 4.69) is 120 Å². The van der Waals surface area contributed by atoms with Crippen LogP contribution >= 0.6 is 0 Å². The molecule has 0 aliphatic rings. The van der Waals surface area contributed by atoms with Gasteiger partial charge in [-0.05, 0) is 85.7 Å². The zero-order valence-corrected chi connectivity index (χ0v) is 46.9. The third-order valence-corrected chi connectivity index (χ3v) is 13.4. The number of para-hydroxylation sites is 2. The Balaban J connectivity index is 0.000000248. The molecule has 0 saturated heterocycles. The quantitative estimate of drug-likeness (QED) is 0.0840. The third kappa shape index (κ3) is 21.7. The number of hydrogen-bond donors (Lipinski definition) is 1. The van der Waals surface area contributed by atoms with Crippen molar-refractivity contribution in [2.75, 3.05) is 6.54 Å². The molecule has 404 valence electrons. The van der Waals surface area contributed by atoms with Crippen LogP contribution in [0, 0.1) is 29.6 Å². The van der Waals surface area contributed by atoms with E-state index in [0.29, 0.717) is 41.8 Å². The Kier molecular flexibility index (Phi) is 27.4. The lowest BCUT2D eigenvalue weighted by molar-refractivity contribution is -0.834. The maximum absolute atomic E-state index is 12.2. The number of imidazole rings is 1. The number of nitrogens with one attached hydrogen (secondary N) is 1. The van der Waals surface area contributed by atoms with Crippen LogP contribution in [0.15, 0.2) is 167 Å². The molecule has 2 heterocycles. The summed E-state index contributed by atoms with van der Waals surface area (Å²) < 4.78 is 34.5. The Morgan fingerprint density at radius 3 is 1.79 bits per heavy atom. The van der Waals surface area contributed by atoms with Crippen LogP contribution in [0.3, 0.4) is 0 Å². The molecule has 8 aromatic rings. The molecule has 1 unspecified atom stereocenters. The van der Waals surface area contributed by atoms with Crippen molar-refractivity contribution in [2.45, 2.75) is 152 Å². The molecule has 0 aliphatic heterocycles. The third-order valence-electron chi connectivity index (χ3n) is 11.9. The van der Waals surface area contributed by atoms with E-state index in [4.69, 9.17) is 9.36 Å². The maximum atomic E-state index is 12.2. The molecule has 0 fully saturated rings. The zero-order chi connectivity index (χ0) is 54.0. The van der Waals surface area contributed by atoms with E-state index in [1.807, 2.05) is 133 Å². The van der Waals surface area contributed by atoms with E-state index in [1.165, 1.54) is 35.9 Å². The number of nitrogens with zero attached hydrogens (tertiary/aromatic N) is 5. The van der Waals surface area contributed by atoms with Gasteiger partial charge in [0.2, 0.25) is 20.8 Å².